The Morgan fingerprint density at radius 1 is 0.448 bits per heavy atom. The molecule has 2 N–H and O–H groups in total. The molecule has 348 valence electrons. The van der Waals surface area contributed by atoms with Crippen molar-refractivity contribution in [3.63, 3.8) is 0 Å². The maximum absolute atomic E-state index is 13.6. The summed E-state index contributed by atoms with van der Waals surface area (Å²) in [7, 11) is 0. The molecule has 4 unspecified atom stereocenters. The van der Waals surface area contributed by atoms with Gasteiger partial charge in [-0.2, -0.15) is 0 Å². The SMILES string of the molecule is CC12CC3CC(C)(C1)CC(c1cc(C4(c5cc([N+](=O)[O-])c(O)c(C67CC8CC(C)(CC(C)(C8)C6)C7)c5)c5ccccc5-c5ccc(C67CC8CC(CC(C8)C6)C7)cc54)cc([N+](=O)[O-])c1O)(C3)C2. The van der Waals surface area contributed by atoms with Gasteiger partial charge in [0.25, 0.3) is 0 Å². The first-order valence-electron chi connectivity index (χ1n) is 26.0. The van der Waals surface area contributed by atoms with Crippen LogP contribution in [0, 0.1) is 71.5 Å². The summed E-state index contributed by atoms with van der Waals surface area (Å²) in [6.07, 6.45) is 19.5. The fourth-order valence-electron chi connectivity index (χ4n) is 22.1. The van der Waals surface area contributed by atoms with Gasteiger partial charge in [-0.05, 0) is 223 Å². The molecule has 4 aromatic rings. The van der Waals surface area contributed by atoms with Crippen LogP contribution in [-0.2, 0) is 21.7 Å². The Morgan fingerprint density at radius 3 is 1.28 bits per heavy atom. The molecule has 0 aromatic heterocycles. The van der Waals surface area contributed by atoms with Crippen molar-refractivity contribution in [3.8, 4) is 22.6 Å². The second kappa shape index (κ2) is 12.7. The monoisotopic (exact) mass is 898 g/mol. The van der Waals surface area contributed by atoms with Crippen molar-refractivity contribution in [1.29, 1.82) is 0 Å². The van der Waals surface area contributed by atoms with E-state index in [1.54, 1.807) is 12.1 Å². The maximum atomic E-state index is 13.6. The topological polar surface area (TPSA) is 127 Å². The number of hydrogen-bond acceptors (Lipinski definition) is 6. The van der Waals surface area contributed by atoms with Gasteiger partial charge in [0.1, 0.15) is 0 Å². The first-order chi connectivity index (χ1) is 31.7. The Balaban J connectivity index is 1.09. The van der Waals surface area contributed by atoms with Gasteiger partial charge in [0.15, 0.2) is 11.5 Å². The standard InChI is InChI=1S/C59H66N2O6/c1-52-19-37-20-53(2,28-52)31-57(26-37,30-52)46-15-40(17-48(50(46)62)60(64)65)59(41-16-47(51(63)49(18-41)61(66)67)58-27-38-21-54(3,32-58)29-55(4,22-38)33-58)44-8-6-5-7-42(44)43-10-9-39(14-45(43)59)56-23-34-11-35(24-56)13-36(12-34)25-56/h5-10,14-18,34-38,62-63H,11-13,19-33H2,1-4H3. The van der Waals surface area contributed by atoms with Gasteiger partial charge in [-0.3, -0.25) is 20.2 Å². The molecule has 12 bridgehead atoms. The van der Waals surface area contributed by atoms with E-state index in [4.69, 9.17) is 0 Å². The molecule has 8 nitrogen and oxygen atoms in total. The molecule has 0 aliphatic heterocycles. The summed E-state index contributed by atoms with van der Waals surface area (Å²) in [5, 5.41) is 52.3. The largest absolute Gasteiger partial charge is 0.502 e. The number of phenols is 2. The smallest absolute Gasteiger partial charge is 0.311 e. The highest BCUT2D eigenvalue weighted by Gasteiger charge is 2.64. The van der Waals surface area contributed by atoms with Crippen LogP contribution in [0.15, 0.2) is 66.7 Å². The van der Waals surface area contributed by atoms with Crippen molar-refractivity contribution >= 4 is 11.4 Å². The molecule has 0 spiro atoms. The van der Waals surface area contributed by atoms with E-state index in [1.165, 1.54) is 44.1 Å². The zero-order chi connectivity index (χ0) is 46.1. The van der Waals surface area contributed by atoms with Crippen molar-refractivity contribution in [3.05, 3.63) is 126 Å². The zero-order valence-electron chi connectivity index (χ0n) is 39.9. The number of nitrogens with zero attached hydrogens (tertiary/aromatic N) is 2. The molecule has 12 saturated carbocycles. The summed E-state index contributed by atoms with van der Waals surface area (Å²) < 4.78 is 0. The number of benzene rings is 4. The lowest BCUT2D eigenvalue weighted by atomic mass is 9.39. The van der Waals surface area contributed by atoms with Crippen LogP contribution in [0.1, 0.15) is 182 Å². The third kappa shape index (κ3) is 5.48. The van der Waals surface area contributed by atoms with Crippen LogP contribution in [0.25, 0.3) is 11.1 Å². The van der Waals surface area contributed by atoms with E-state index in [1.807, 2.05) is 6.07 Å². The van der Waals surface area contributed by atoms with Crippen molar-refractivity contribution in [2.75, 3.05) is 0 Å². The second-order valence-corrected chi connectivity index (χ2v) is 27.4. The molecule has 4 atom stereocenters. The Bertz CT molecular complexity index is 2720. The van der Waals surface area contributed by atoms with Crippen molar-refractivity contribution in [2.24, 2.45) is 51.2 Å². The van der Waals surface area contributed by atoms with Gasteiger partial charge in [0, 0.05) is 34.1 Å². The molecule has 12 fully saturated rings. The summed E-state index contributed by atoms with van der Waals surface area (Å²) in [6.45, 7) is 9.61. The molecular formula is C59H66N2O6. The Labute approximate surface area is 394 Å². The van der Waals surface area contributed by atoms with Crippen molar-refractivity contribution in [1.82, 2.24) is 0 Å². The van der Waals surface area contributed by atoms with Crippen LogP contribution in [-0.4, -0.2) is 20.1 Å². The minimum absolute atomic E-state index is 0.0384. The van der Waals surface area contributed by atoms with E-state index in [0.717, 1.165) is 117 Å². The van der Waals surface area contributed by atoms with Crippen LogP contribution in [0.3, 0.4) is 0 Å². The molecule has 8 heteroatoms. The molecule has 0 saturated heterocycles. The summed E-state index contributed by atoms with van der Waals surface area (Å²) >= 11 is 0. The highest BCUT2D eigenvalue weighted by molar-refractivity contribution is 5.88. The second-order valence-electron chi connectivity index (χ2n) is 27.4. The fraction of sp³-hybridized carbons (Fsp3) is 0.593. The molecule has 13 aliphatic rings. The quantitative estimate of drug-likeness (QED) is 0.124. The predicted molar refractivity (Wildman–Crippen MR) is 258 cm³/mol. The van der Waals surface area contributed by atoms with E-state index in [2.05, 4.69) is 76.2 Å². The van der Waals surface area contributed by atoms with Crippen LogP contribution in [0.5, 0.6) is 11.5 Å². The van der Waals surface area contributed by atoms with Gasteiger partial charge in [-0.25, -0.2) is 0 Å². The lowest BCUT2D eigenvalue weighted by molar-refractivity contribution is -0.386. The fourth-order valence-corrected chi connectivity index (χ4v) is 22.1. The van der Waals surface area contributed by atoms with E-state index in [0.29, 0.717) is 34.1 Å². The molecular weight excluding hydrogens is 833 g/mol. The zero-order valence-corrected chi connectivity index (χ0v) is 39.9. The van der Waals surface area contributed by atoms with Crippen LogP contribution < -0.4 is 0 Å². The van der Waals surface area contributed by atoms with Crippen LogP contribution in [0.2, 0.25) is 0 Å². The van der Waals surface area contributed by atoms with Gasteiger partial charge in [-0.15, -0.1) is 0 Å². The van der Waals surface area contributed by atoms with Gasteiger partial charge >= 0.3 is 11.4 Å². The van der Waals surface area contributed by atoms with Gasteiger partial charge < -0.3 is 10.2 Å². The normalized spacial score (nSPS) is 43.1. The molecule has 0 heterocycles. The molecule has 17 rings (SSSR count). The summed E-state index contributed by atoms with van der Waals surface area (Å²) in [6, 6.07) is 23.1. The van der Waals surface area contributed by atoms with E-state index >= 15 is 0 Å². The third-order valence-electron chi connectivity index (χ3n) is 21.5. The highest BCUT2D eigenvalue weighted by Crippen LogP contribution is 2.74. The van der Waals surface area contributed by atoms with Crippen LogP contribution >= 0.6 is 0 Å². The lowest BCUT2D eigenvalue weighted by Crippen LogP contribution is -2.57. The molecule has 13 aliphatic carbocycles. The number of hydrogen-bond donors (Lipinski definition) is 2. The number of rotatable bonds is 7. The first-order valence-corrected chi connectivity index (χ1v) is 26.0. The third-order valence-corrected chi connectivity index (χ3v) is 21.5. The Kier molecular flexibility index (Phi) is 7.84. The van der Waals surface area contributed by atoms with Gasteiger partial charge in [0.05, 0.1) is 15.3 Å². The maximum Gasteiger partial charge on any atom is 0.311 e. The minimum Gasteiger partial charge on any atom is -0.502 e. The van der Waals surface area contributed by atoms with E-state index in [9.17, 15) is 30.4 Å². The Hall–Kier alpha value is -4.72. The average molecular weight is 899 g/mol. The summed E-state index contributed by atoms with van der Waals surface area (Å²) in [5.41, 5.74) is 5.65. The van der Waals surface area contributed by atoms with Crippen LogP contribution in [0.4, 0.5) is 11.4 Å². The molecule has 0 radical (unpaired) electrons. The van der Waals surface area contributed by atoms with E-state index in [-0.39, 0.29) is 49.9 Å². The number of nitro groups is 2. The highest BCUT2D eigenvalue weighted by atomic mass is 16.6. The molecule has 0 amide bonds. The molecule has 4 aromatic carbocycles. The number of nitro benzene ring substituents is 2. The van der Waals surface area contributed by atoms with Crippen molar-refractivity contribution < 1.29 is 20.1 Å². The summed E-state index contributed by atoms with van der Waals surface area (Å²) in [4.78, 5) is 26.5. The first kappa shape index (κ1) is 41.3. The van der Waals surface area contributed by atoms with E-state index < -0.39 is 26.1 Å². The van der Waals surface area contributed by atoms with Gasteiger partial charge in [-0.1, -0.05) is 70.2 Å². The predicted octanol–water partition coefficient (Wildman–Crippen LogP) is 14.2. The summed E-state index contributed by atoms with van der Waals surface area (Å²) in [5.74, 6) is 2.67. The Morgan fingerprint density at radius 2 is 0.851 bits per heavy atom. The number of fused-ring (bicyclic) bond motifs is 3. The minimum atomic E-state index is -1.24. The number of phenolic OH excluding ortho intramolecular Hbond substituents is 2. The number of aromatic hydroxyl groups is 2. The average Bonchev–Trinajstić information content (AvgIpc) is 3.51. The van der Waals surface area contributed by atoms with Crippen molar-refractivity contribution in [2.45, 2.75) is 165 Å². The van der Waals surface area contributed by atoms with Gasteiger partial charge in [0.2, 0.25) is 0 Å². The lowest BCUT2D eigenvalue weighted by Gasteiger charge is -2.65. The molecule has 67 heavy (non-hydrogen) atoms.